The molecule has 17 heavy (non-hydrogen) atoms. The van der Waals surface area contributed by atoms with Gasteiger partial charge in [-0.1, -0.05) is 13.0 Å². The lowest BCUT2D eigenvalue weighted by Gasteiger charge is -2.17. The monoisotopic (exact) mass is 236 g/mol. The quantitative estimate of drug-likeness (QED) is 0.846. The first-order valence-corrected chi connectivity index (χ1v) is 5.90. The van der Waals surface area contributed by atoms with Crippen LogP contribution in [0.2, 0.25) is 0 Å². The number of aryl methyl sites for hydroxylation is 1. The highest BCUT2D eigenvalue weighted by Crippen LogP contribution is 2.34. The van der Waals surface area contributed by atoms with Crippen LogP contribution in [0.25, 0.3) is 0 Å². The van der Waals surface area contributed by atoms with Gasteiger partial charge in [-0.05, 0) is 31.9 Å². The van der Waals surface area contributed by atoms with Gasteiger partial charge in [0.1, 0.15) is 11.9 Å². The molecule has 92 valence electrons. The summed E-state index contributed by atoms with van der Waals surface area (Å²) in [5.41, 5.74) is 1.86. The van der Waals surface area contributed by atoms with Crippen LogP contribution in [0.5, 0.6) is 0 Å². The van der Waals surface area contributed by atoms with Gasteiger partial charge >= 0.3 is 0 Å². The molecule has 0 aliphatic carbocycles. The van der Waals surface area contributed by atoms with Crippen LogP contribution in [-0.4, -0.2) is 11.9 Å². The minimum absolute atomic E-state index is 0.176. The van der Waals surface area contributed by atoms with Crippen LogP contribution in [0, 0.1) is 12.7 Å². The molecule has 0 aromatic heterocycles. The zero-order valence-corrected chi connectivity index (χ0v) is 10.3. The summed E-state index contributed by atoms with van der Waals surface area (Å²) in [4.78, 5) is 11.8. The lowest BCUT2D eigenvalue weighted by Crippen LogP contribution is -2.34. The van der Waals surface area contributed by atoms with E-state index in [1.165, 1.54) is 6.07 Å². The molecule has 1 aliphatic heterocycles. The van der Waals surface area contributed by atoms with Crippen molar-refractivity contribution in [3.05, 3.63) is 29.1 Å². The molecule has 2 atom stereocenters. The number of benzene rings is 1. The first-order valence-electron chi connectivity index (χ1n) is 5.90. The van der Waals surface area contributed by atoms with Crippen molar-refractivity contribution in [3.63, 3.8) is 0 Å². The predicted molar refractivity (Wildman–Crippen MR) is 65.4 cm³/mol. The lowest BCUT2D eigenvalue weighted by atomic mass is 10.0. The average molecular weight is 236 g/mol. The molecule has 0 spiro atoms. The average Bonchev–Trinajstić information content (AvgIpc) is 2.57. The Morgan fingerprint density at radius 3 is 2.88 bits per heavy atom. The molecule has 3 nitrogen and oxygen atoms in total. The highest BCUT2D eigenvalue weighted by atomic mass is 19.1. The first kappa shape index (κ1) is 12.0. The van der Waals surface area contributed by atoms with E-state index in [9.17, 15) is 9.18 Å². The number of fused-ring (bicyclic) bond motifs is 1. The van der Waals surface area contributed by atoms with E-state index < -0.39 is 6.04 Å². The number of carbonyl (C=O) groups is 1. The van der Waals surface area contributed by atoms with Crippen LogP contribution < -0.4 is 10.6 Å². The minimum Gasteiger partial charge on any atom is -0.322 e. The molecule has 2 rings (SSSR count). The fourth-order valence-electron chi connectivity index (χ4n) is 2.03. The van der Waals surface area contributed by atoms with Crippen molar-refractivity contribution in [3.8, 4) is 0 Å². The lowest BCUT2D eigenvalue weighted by molar-refractivity contribution is -0.117. The molecule has 1 aromatic rings. The van der Waals surface area contributed by atoms with Crippen molar-refractivity contribution < 1.29 is 9.18 Å². The topological polar surface area (TPSA) is 41.1 Å². The van der Waals surface area contributed by atoms with Crippen molar-refractivity contribution in [2.45, 2.75) is 39.3 Å². The van der Waals surface area contributed by atoms with Gasteiger partial charge < -0.3 is 5.32 Å². The van der Waals surface area contributed by atoms with Crippen molar-refractivity contribution >= 4 is 11.6 Å². The summed E-state index contributed by atoms with van der Waals surface area (Å²) in [6.45, 7) is 5.88. The Hall–Kier alpha value is -1.42. The summed E-state index contributed by atoms with van der Waals surface area (Å²) in [6.07, 6.45) is 0.924. The molecule has 1 amide bonds. The zero-order valence-electron chi connectivity index (χ0n) is 10.3. The Morgan fingerprint density at radius 1 is 1.53 bits per heavy atom. The largest absolute Gasteiger partial charge is 0.322 e. The molecule has 2 N–H and O–H groups in total. The molecule has 0 fully saturated rings. The van der Waals surface area contributed by atoms with Crippen molar-refractivity contribution in [1.29, 1.82) is 0 Å². The molecule has 4 heteroatoms. The van der Waals surface area contributed by atoms with Crippen molar-refractivity contribution in [2.24, 2.45) is 0 Å². The van der Waals surface area contributed by atoms with E-state index in [0.717, 1.165) is 12.0 Å². The number of anilines is 1. The molecule has 1 heterocycles. The molecule has 0 saturated heterocycles. The van der Waals surface area contributed by atoms with E-state index in [-0.39, 0.29) is 17.8 Å². The number of rotatable bonds is 3. The second-order valence-electron chi connectivity index (χ2n) is 4.61. The van der Waals surface area contributed by atoms with E-state index in [1.807, 2.05) is 26.8 Å². The van der Waals surface area contributed by atoms with Gasteiger partial charge in [-0.3, -0.25) is 10.1 Å². The highest BCUT2D eigenvalue weighted by Gasteiger charge is 2.33. The van der Waals surface area contributed by atoms with E-state index >= 15 is 0 Å². The van der Waals surface area contributed by atoms with Gasteiger partial charge in [0.25, 0.3) is 0 Å². The molecular formula is C13H17FN2O. The van der Waals surface area contributed by atoms with E-state index in [4.69, 9.17) is 0 Å². The standard InChI is InChI=1S/C13H17FN2O/c1-4-8(3)15-12-9-5-7(2)6-10(14)11(9)16-13(12)17/h5-6,8,12,15H,4H2,1-3H3,(H,16,17). The molecule has 1 aromatic carbocycles. The summed E-state index contributed by atoms with van der Waals surface area (Å²) >= 11 is 0. The first-order chi connectivity index (χ1) is 8.02. The van der Waals surface area contributed by atoms with E-state index in [2.05, 4.69) is 10.6 Å². The maximum atomic E-state index is 13.7. The number of halogens is 1. The van der Waals surface area contributed by atoms with Crippen molar-refractivity contribution in [1.82, 2.24) is 5.32 Å². The third kappa shape index (κ3) is 2.17. The molecule has 2 unspecified atom stereocenters. The van der Waals surface area contributed by atoms with Crippen LogP contribution in [0.1, 0.15) is 37.4 Å². The predicted octanol–water partition coefficient (Wildman–Crippen LogP) is 2.52. The minimum atomic E-state index is -0.436. The molecule has 0 bridgehead atoms. The Labute approximate surface area is 100 Å². The number of hydrogen-bond donors (Lipinski definition) is 2. The number of hydrogen-bond acceptors (Lipinski definition) is 2. The summed E-state index contributed by atoms with van der Waals surface area (Å²) in [7, 11) is 0. The third-order valence-electron chi connectivity index (χ3n) is 3.15. The molecule has 0 radical (unpaired) electrons. The third-order valence-corrected chi connectivity index (χ3v) is 3.15. The number of amides is 1. The van der Waals surface area contributed by atoms with Gasteiger partial charge in [-0.15, -0.1) is 0 Å². The molecular weight excluding hydrogens is 219 g/mol. The summed E-state index contributed by atoms with van der Waals surface area (Å²) in [5.74, 6) is -0.536. The Kier molecular flexibility index (Phi) is 3.15. The maximum Gasteiger partial charge on any atom is 0.246 e. The van der Waals surface area contributed by atoms with Crippen LogP contribution in [-0.2, 0) is 4.79 Å². The van der Waals surface area contributed by atoms with Gasteiger partial charge in [0, 0.05) is 11.6 Å². The Bertz CT molecular complexity index is 459. The zero-order chi connectivity index (χ0) is 12.6. The van der Waals surface area contributed by atoms with Crippen LogP contribution >= 0.6 is 0 Å². The second kappa shape index (κ2) is 4.45. The van der Waals surface area contributed by atoms with Gasteiger partial charge in [0.05, 0.1) is 5.69 Å². The number of carbonyl (C=O) groups excluding carboxylic acids is 1. The van der Waals surface area contributed by atoms with Crippen LogP contribution in [0.3, 0.4) is 0 Å². The summed E-state index contributed by atoms with van der Waals surface area (Å²) < 4.78 is 13.7. The van der Waals surface area contributed by atoms with Gasteiger partial charge in [-0.25, -0.2) is 4.39 Å². The fourth-order valence-corrected chi connectivity index (χ4v) is 2.03. The second-order valence-corrected chi connectivity index (χ2v) is 4.61. The SMILES string of the molecule is CCC(C)NC1C(=O)Nc2c(F)cc(C)cc21. The molecule has 0 saturated carbocycles. The maximum absolute atomic E-state index is 13.7. The van der Waals surface area contributed by atoms with Gasteiger partial charge in [0.15, 0.2) is 0 Å². The van der Waals surface area contributed by atoms with E-state index in [1.54, 1.807) is 0 Å². The molecule has 1 aliphatic rings. The number of nitrogens with one attached hydrogen (secondary N) is 2. The Balaban J connectivity index is 2.36. The van der Waals surface area contributed by atoms with Crippen molar-refractivity contribution in [2.75, 3.05) is 5.32 Å². The Morgan fingerprint density at radius 2 is 2.24 bits per heavy atom. The van der Waals surface area contributed by atoms with Gasteiger partial charge in [0.2, 0.25) is 5.91 Å². The van der Waals surface area contributed by atoms with Crippen LogP contribution in [0.15, 0.2) is 12.1 Å². The fraction of sp³-hybridized carbons (Fsp3) is 0.462. The van der Waals surface area contributed by atoms with Crippen LogP contribution in [0.4, 0.5) is 10.1 Å². The van der Waals surface area contributed by atoms with Gasteiger partial charge in [-0.2, -0.15) is 0 Å². The summed E-state index contributed by atoms with van der Waals surface area (Å²) in [6, 6.07) is 3.08. The summed E-state index contributed by atoms with van der Waals surface area (Å²) in [5, 5.41) is 5.81. The van der Waals surface area contributed by atoms with E-state index in [0.29, 0.717) is 11.3 Å². The highest BCUT2D eigenvalue weighted by molar-refractivity contribution is 6.02. The smallest absolute Gasteiger partial charge is 0.246 e. The normalized spacial score (nSPS) is 20.0.